The first-order valence-electron chi connectivity index (χ1n) is 11.4. The van der Waals surface area contributed by atoms with E-state index in [1.807, 2.05) is 26.0 Å². The second kappa shape index (κ2) is 10.8. The van der Waals surface area contributed by atoms with E-state index >= 15 is 0 Å². The summed E-state index contributed by atoms with van der Waals surface area (Å²) in [5.74, 6) is 0.855. The first-order valence-corrected chi connectivity index (χ1v) is 11.4. The number of pyridine rings is 1. The molecule has 8 nitrogen and oxygen atoms in total. The average Bonchev–Trinajstić information content (AvgIpc) is 2.87. The Morgan fingerprint density at radius 2 is 1.83 bits per heavy atom. The van der Waals surface area contributed by atoms with Crippen molar-refractivity contribution in [3.63, 3.8) is 0 Å². The molecule has 2 aromatic heterocycles. The van der Waals surface area contributed by atoms with Gasteiger partial charge in [0.05, 0.1) is 36.9 Å². The maximum absolute atomic E-state index is 13.5. The number of carbonyl (C=O) groups is 1. The number of anilines is 1. The molecule has 4 aromatic rings. The molecule has 180 valence electrons. The number of aliphatic hydroxyl groups is 1. The van der Waals surface area contributed by atoms with Crippen LogP contribution in [0.15, 0.2) is 70.2 Å². The second-order valence-electron chi connectivity index (χ2n) is 7.66. The van der Waals surface area contributed by atoms with Crippen molar-refractivity contribution in [2.45, 2.75) is 27.4 Å². The molecule has 0 unspecified atom stereocenters. The van der Waals surface area contributed by atoms with Gasteiger partial charge in [-0.3, -0.25) is 9.78 Å². The number of hydrogen-bond acceptors (Lipinski definition) is 7. The van der Waals surface area contributed by atoms with Gasteiger partial charge >= 0.3 is 0 Å². The minimum absolute atomic E-state index is 0.119. The quantitative estimate of drug-likeness (QED) is 0.377. The molecule has 2 heterocycles. The standard InChI is InChI=1S/C27H27N3O5/c1-4-33-20-12-10-19(11-13-20)29-27-22(14-21-18(16-31)15-28-17(3)25(21)35-27)26(32)30-23-8-6-7-9-24(23)34-5-2/h6-15,31H,4-5,16H2,1-3H3,(H,30,32). The summed E-state index contributed by atoms with van der Waals surface area (Å²) in [5, 5.41) is 13.3. The fraction of sp³-hybridized carbons (Fsp3) is 0.222. The highest BCUT2D eigenvalue weighted by atomic mass is 16.5. The zero-order valence-corrected chi connectivity index (χ0v) is 19.9. The molecule has 0 saturated carbocycles. The third-order valence-corrected chi connectivity index (χ3v) is 5.28. The molecule has 0 radical (unpaired) electrons. The number of ether oxygens (including phenoxy) is 2. The molecule has 0 aliphatic carbocycles. The van der Waals surface area contributed by atoms with Crippen molar-refractivity contribution in [1.29, 1.82) is 0 Å². The molecule has 4 rings (SSSR count). The number of nitrogens with one attached hydrogen (secondary N) is 1. The topological polar surface area (TPSA) is 106 Å². The van der Waals surface area contributed by atoms with Crippen LogP contribution in [0.25, 0.3) is 11.0 Å². The van der Waals surface area contributed by atoms with Crippen LogP contribution in [0.4, 0.5) is 11.4 Å². The van der Waals surface area contributed by atoms with Crippen molar-refractivity contribution in [3.05, 3.63) is 83.2 Å². The third-order valence-electron chi connectivity index (χ3n) is 5.28. The predicted molar refractivity (Wildman–Crippen MR) is 133 cm³/mol. The average molecular weight is 474 g/mol. The highest BCUT2D eigenvalue weighted by Gasteiger charge is 2.18. The number of aliphatic hydroxyl groups excluding tert-OH is 1. The number of benzene rings is 2. The predicted octanol–water partition coefficient (Wildman–Crippen LogP) is 4.91. The molecule has 0 aliphatic rings. The molecule has 0 saturated heterocycles. The molecule has 0 atom stereocenters. The molecule has 0 fully saturated rings. The summed E-state index contributed by atoms with van der Waals surface area (Å²) in [6.07, 6.45) is 1.57. The molecule has 0 aliphatic heterocycles. The van der Waals surface area contributed by atoms with Gasteiger partial charge in [-0.25, -0.2) is 4.99 Å². The first-order chi connectivity index (χ1) is 17.0. The van der Waals surface area contributed by atoms with Gasteiger partial charge in [-0.1, -0.05) is 12.1 Å². The van der Waals surface area contributed by atoms with Crippen molar-refractivity contribution in [2.24, 2.45) is 4.99 Å². The molecular formula is C27H27N3O5. The van der Waals surface area contributed by atoms with Crippen LogP contribution >= 0.6 is 0 Å². The molecule has 35 heavy (non-hydrogen) atoms. The smallest absolute Gasteiger partial charge is 0.261 e. The fourth-order valence-corrected chi connectivity index (χ4v) is 3.60. The normalized spacial score (nSPS) is 11.5. The summed E-state index contributed by atoms with van der Waals surface area (Å²) in [6.45, 7) is 6.36. The molecule has 8 heteroatoms. The van der Waals surface area contributed by atoms with E-state index in [-0.39, 0.29) is 17.7 Å². The van der Waals surface area contributed by atoms with Crippen LogP contribution in [0.2, 0.25) is 0 Å². The van der Waals surface area contributed by atoms with E-state index in [2.05, 4.69) is 15.3 Å². The highest BCUT2D eigenvalue weighted by Crippen LogP contribution is 2.26. The maximum Gasteiger partial charge on any atom is 0.261 e. The summed E-state index contributed by atoms with van der Waals surface area (Å²) in [7, 11) is 0. The first kappa shape index (κ1) is 24.0. The number of nitrogens with zero attached hydrogens (tertiary/aromatic N) is 2. The monoisotopic (exact) mass is 473 g/mol. The summed E-state index contributed by atoms with van der Waals surface area (Å²) in [4.78, 5) is 22.4. The Labute approximate surface area is 202 Å². The fourth-order valence-electron chi connectivity index (χ4n) is 3.60. The van der Waals surface area contributed by atoms with E-state index in [9.17, 15) is 9.90 Å². The second-order valence-corrected chi connectivity index (χ2v) is 7.66. The van der Waals surface area contributed by atoms with E-state index in [1.165, 1.54) is 0 Å². The number of rotatable bonds is 8. The maximum atomic E-state index is 13.5. The van der Waals surface area contributed by atoms with Gasteiger partial charge in [-0.2, -0.15) is 0 Å². The summed E-state index contributed by atoms with van der Waals surface area (Å²) in [6, 6.07) is 16.0. The lowest BCUT2D eigenvalue weighted by molar-refractivity contribution is 0.102. The Balaban J connectivity index is 1.86. The largest absolute Gasteiger partial charge is 0.494 e. The van der Waals surface area contributed by atoms with Gasteiger partial charge in [-0.15, -0.1) is 0 Å². The molecule has 0 spiro atoms. The van der Waals surface area contributed by atoms with Crippen molar-refractivity contribution < 1.29 is 23.8 Å². The van der Waals surface area contributed by atoms with Crippen LogP contribution in [0.3, 0.4) is 0 Å². The third kappa shape index (κ3) is 5.33. The molecule has 1 amide bonds. The van der Waals surface area contributed by atoms with Gasteiger partial charge in [0.1, 0.15) is 17.1 Å². The number of fused-ring (bicyclic) bond motifs is 1. The lowest BCUT2D eigenvalue weighted by Crippen LogP contribution is -2.22. The van der Waals surface area contributed by atoms with Gasteiger partial charge in [0, 0.05) is 17.1 Å². The van der Waals surface area contributed by atoms with Gasteiger partial charge in [-0.05, 0) is 63.2 Å². The lowest BCUT2D eigenvalue weighted by Gasteiger charge is -2.12. The summed E-state index contributed by atoms with van der Waals surface area (Å²) in [5.41, 5.74) is 3.06. The Morgan fingerprint density at radius 1 is 1.09 bits per heavy atom. The Bertz CT molecular complexity index is 1410. The Kier molecular flexibility index (Phi) is 7.42. The minimum Gasteiger partial charge on any atom is -0.494 e. The molecule has 2 aromatic carbocycles. The lowest BCUT2D eigenvalue weighted by atomic mass is 10.1. The molecule has 0 bridgehead atoms. The zero-order chi connectivity index (χ0) is 24.8. The van der Waals surface area contributed by atoms with E-state index < -0.39 is 5.91 Å². The van der Waals surface area contributed by atoms with Gasteiger partial charge in [0.25, 0.3) is 5.91 Å². The minimum atomic E-state index is -0.425. The Hall–Kier alpha value is -4.17. The van der Waals surface area contributed by atoms with Crippen molar-refractivity contribution in [2.75, 3.05) is 18.5 Å². The van der Waals surface area contributed by atoms with Crippen molar-refractivity contribution in [3.8, 4) is 11.5 Å². The van der Waals surface area contributed by atoms with Gasteiger partial charge in [0.2, 0.25) is 5.55 Å². The van der Waals surface area contributed by atoms with E-state index in [0.717, 1.165) is 5.75 Å². The van der Waals surface area contributed by atoms with Crippen LogP contribution < -0.4 is 20.3 Å². The van der Waals surface area contributed by atoms with Gasteiger partial charge < -0.3 is 24.3 Å². The van der Waals surface area contributed by atoms with E-state index in [1.54, 1.807) is 55.6 Å². The number of aryl methyl sites for hydroxylation is 1. The Morgan fingerprint density at radius 3 is 2.54 bits per heavy atom. The van der Waals surface area contributed by atoms with Crippen LogP contribution in [0.5, 0.6) is 11.5 Å². The van der Waals surface area contributed by atoms with Crippen LogP contribution in [0, 0.1) is 6.92 Å². The number of carbonyl (C=O) groups excluding carboxylic acids is 1. The van der Waals surface area contributed by atoms with E-state index in [0.29, 0.717) is 52.6 Å². The van der Waals surface area contributed by atoms with Crippen LogP contribution in [-0.2, 0) is 6.61 Å². The highest BCUT2D eigenvalue weighted by molar-refractivity contribution is 6.06. The van der Waals surface area contributed by atoms with E-state index in [4.69, 9.17) is 13.9 Å². The summed E-state index contributed by atoms with van der Waals surface area (Å²) < 4.78 is 17.3. The van der Waals surface area contributed by atoms with Crippen molar-refractivity contribution in [1.82, 2.24) is 4.98 Å². The molecular weight excluding hydrogens is 446 g/mol. The molecule has 2 N–H and O–H groups in total. The SMILES string of the molecule is CCOc1ccc(N=c2oc3c(C)ncc(CO)c3cc2C(=O)Nc2ccccc2OCC)cc1. The van der Waals surface area contributed by atoms with Crippen LogP contribution in [-0.4, -0.2) is 29.2 Å². The number of aromatic nitrogens is 1. The number of amides is 1. The van der Waals surface area contributed by atoms with Crippen molar-refractivity contribution >= 4 is 28.3 Å². The summed E-state index contributed by atoms with van der Waals surface area (Å²) >= 11 is 0. The van der Waals surface area contributed by atoms with Crippen LogP contribution in [0.1, 0.15) is 35.5 Å². The number of hydrogen-bond donors (Lipinski definition) is 2. The zero-order valence-electron chi connectivity index (χ0n) is 19.9. The van der Waals surface area contributed by atoms with Gasteiger partial charge in [0.15, 0.2) is 5.58 Å². The number of para-hydroxylation sites is 2.